The van der Waals surface area contributed by atoms with E-state index in [1.165, 1.54) is 12.0 Å². The average molecular weight is 185 g/mol. The van der Waals surface area contributed by atoms with E-state index in [1.54, 1.807) is 0 Å². The first kappa shape index (κ1) is 12.7. The number of hydrogen-bond acceptors (Lipinski definition) is 2. The van der Waals surface area contributed by atoms with Crippen LogP contribution in [0.3, 0.4) is 0 Å². The lowest BCUT2D eigenvalue weighted by Gasteiger charge is -2.13. The first-order valence-corrected chi connectivity index (χ1v) is 5.13. The maximum absolute atomic E-state index is 5.58. The van der Waals surface area contributed by atoms with Crippen LogP contribution in [0, 0.1) is 0 Å². The molecule has 0 aromatic heterocycles. The summed E-state index contributed by atoms with van der Waals surface area (Å²) in [5.41, 5.74) is 1.19. The van der Waals surface area contributed by atoms with Crippen molar-refractivity contribution in [3.8, 4) is 0 Å². The maximum Gasteiger partial charge on any atom is 0.0671 e. The van der Waals surface area contributed by atoms with Crippen LogP contribution in [0.25, 0.3) is 0 Å². The molecule has 0 heterocycles. The van der Waals surface area contributed by atoms with Crippen molar-refractivity contribution >= 4 is 0 Å². The summed E-state index contributed by atoms with van der Waals surface area (Å²) in [4.78, 5) is 0. The molecule has 0 aliphatic rings. The van der Waals surface area contributed by atoms with Crippen LogP contribution in [0.1, 0.15) is 33.6 Å². The highest BCUT2D eigenvalue weighted by molar-refractivity contribution is 4.87. The minimum absolute atomic E-state index is 0.311. The van der Waals surface area contributed by atoms with Gasteiger partial charge in [-0.15, -0.1) is 6.58 Å². The molecule has 0 saturated heterocycles. The van der Waals surface area contributed by atoms with Gasteiger partial charge in [0.25, 0.3) is 0 Å². The number of nitrogens with one attached hydrogen (secondary N) is 1. The fourth-order valence-corrected chi connectivity index (χ4v) is 0.975. The van der Waals surface area contributed by atoms with Crippen molar-refractivity contribution in [2.24, 2.45) is 0 Å². The highest BCUT2D eigenvalue weighted by atomic mass is 16.5. The predicted molar refractivity (Wildman–Crippen MR) is 58.0 cm³/mol. The largest absolute Gasteiger partial charge is 0.377 e. The lowest BCUT2D eigenvalue weighted by Crippen LogP contribution is -2.27. The van der Waals surface area contributed by atoms with Crippen molar-refractivity contribution in [2.45, 2.75) is 39.7 Å². The first-order valence-electron chi connectivity index (χ1n) is 5.13. The molecule has 0 aromatic carbocycles. The Morgan fingerprint density at radius 1 is 1.54 bits per heavy atom. The topological polar surface area (TPSA) is 21.3 Å². The van der Waals surface area contributed by atoms with Gasteiger partial charge in [-0.1, -0.05) is 12.5 Å². The van der Waals surface area contributed by atoms with E-state index in [0.29, 0.717) is 6.10 Å². The van der Waals surface area contributed by atoms with Gasteiger partial charge < -0.3 is 10.1 Å². The highest BCUT2D eigenvalue weighted by Crippen LogP contribution is 1.98. The summed E-state index contributed by atoms with van der Waals surface area (Å²) in [7, 11) is 0. The number of rotatable bonds is 8. The van der Waals surface area contributed by atoms with Gasteiger partial charge in [-0.25, -0.2) is 0 Å². The zero-order valence-electron chi connectivity index (χ0n) is 9.23. The third-order valence-corrected chi connectivity index (χ3v) is 1.79. The van der Waals surface area contributed by atoms with Crippen LogP contribution in [0.5, 0.6) is 0 Å². The molecular weight excluding hydrogens is 162 g/mol. The third kappa shape index (κ3) is 9.57. The molecule has 13 heavy (non-hydrogen) atoms. The van der Waals surface area contributed by atoms with E-state index in [2.05, 4.69) is 25.7 Å². The van der Waals surface area contributed by atoms with E-state index in [-0.39, 0.29) is 0 Å². The van der Waals surface area contributed by atoms with Gasteiger partial charge in [0.1, 0.15) is 0 Å². The van der Waals surface area contributed by atoms with Gasteiger partial charge in [0, 0.05) is 6.54 Å². The van der Waals surface area contributed by atoms with Gasteiger partial charge in [-0.2, -0.15) is 0 Å². The molecule has 0 saturated carbocycles. The summed E-state index contributed by atoms with van der Waals surface area (Å²) in [5.74, 6) is 0. The number of hydrogen-bond donors (Lipinski definition) is 1. The van der Waals surface area contributed by atoms with Crippen molar-refractivity contribution in [3.63, 3.8) is 0 Å². The summed E-state index contributed by atoms with van der Waals surface area (Å²) in [6.45, 7) is 12.9. The quantitative estimate of drug-likeness (QED) is 0.463. The van der Waals surface area contributed by atoms with Crippen LogP contribution in [0.4, 0.5) is 0 Å². The van der Waals surface area contributed by atoms with Gasteiger partial charge in [0.2, 0.25) is 0 Å². The van der Waals surface area contributed by atoms with Crippen LogP contribution < -0.4 is 5.32 Å². The molecule has 1 atom stereocenters. The van der Waals surface area contributed by atoms with Gasteiger partial charge in [-0.05, 0) is 33.2 Å². The van der Waals surface area contributed by atoms with Crippen LogP contribution in [-0.2, 0) is 4.74 Å². The van der Waals surface area contributed by atoms with Crippen molar-refractivity contribution in [1.82, 2.24) is 5.32 Å². The fourth-order valence-electron chi connectivity index (χ4n) is 0.975. The Labute approximate surface area is 82.4 Å². The van der Waals surface area contributed by atoms with Crippen molar-refractivity contribution < 1.29 is 4.74 Å². The lowest BCUT2D eigenvalue weighted by atomic mass is 10.2. The Morgan fingerprint density at radius 2 is 2.23 bits per heavy atom. The molecule has 0 bridgehead atoms. The first-order chi connectivity index (χ1) is 6.16. The Hall–Kier alpha value is -0.340. The molecule has 78 valence electrons. The van der Waals surface area contributed by atoms with Crippen LogP contribution in [0.2, 0.25) is 0 Å². The molecule has 0 fully saturated rings. The standard InChI is InChI=1S/C11H23NO/c1-5-7-12-9-11(4)13-8-6-10(2)3/h11-12H,2,5-9H2,1,3-4H3. The molecule has 2 heteroatoms. The van der Waals surface area contributed by atoms with Crippen molar-refractivity contribution in [1.29, 1.82) is 0 Å². The minimum atomic E-state index is 0.311. The van der Waals surface area contributed by atoms with Gasteiger partial charge >= 0.3 is 0 Å². The smallest absolute Gasteiger partial charge is 0.0671 e. The Balaban J connectivity index is 3.19. The second-order valence-electron chi connectivity index (χ2n) is 3.59. The second-order valence-corrected chi connectivity index (χ2v) is 3.59. The van der Waals surface area contributed by atoms with E-state index < -0.39 is 0 Å². The van der Waals surface area contributed by atoms with E-state index in [0.717, 1.165) is 26.1 Å². The summed E-state index contributed by atoms with van der Waals surface area (Å²) in [5, 5.41) is 3.33. The summed E-state index contributed by atoms with van der Waals surface area (Å²) < 4.78 is 5.58. The molecule has 0 amide bonds. The van der Waals surface area contributed by atoms with Gasteiger partial charge in [-0.3, -0.25) is 0 Å². The normalized spacial score (nSPS) is 12.8. The molecule has 0 aliphatic heterocycles. The third-order valence-electron chi connectivity index (χ3n) is 1.79. The molecule has 1 N–H and O–H groups in total. The Bertz CT molecular complexity index is 134. The molecular formula is C11H23NO. The van der Waals surface area contributed by atoms with E-state index >= 15 is 0 Å². The van der Waals surface area contributed by atoms with Crippen LogP contribution in [0.15, 0.2) is 12.2 Å². The summed E-state index contributed by atoms with van der Waals surface area (Å²) in [6, 6.07) is 0. The molecule has 1 unspecified atom stereocenters. The van der Waals surface area contributed by atoms with E-state index in [1.807, 2.05) is 6.92 Å². The lowest BCUT2D eigenvalue weighted by molar-refractivity contribution is 0.0684. The fraction of sp³-hybridized carbons (Fsp3) is 0.818. The SMILES string of the molecule is C=C(C)CCOC(C)CNCCC. The summed E-state index contributed by atoms with van der Waals surface area (Å²) in [6.07, 6.45) is 2.46. The minimum Gasteiger partial charge on any atom is -0.377 e. The Kier molecular flexibility index (Phi) is 8.05. The van der Waals surface area contributed by atoms with Crippen molar-refractivity contribution in [3.05, 3.63) is 12.2 Å². The zero-order chi connectivity index (χ0) is 10.1. The number of ether oxygens (including phenoxy) is 1. The summed E-state index contributed by atoms with van der Waals surface area (Å²) >= 11 is 0. The van der Waals surface area contributed by atoms with Gasteiger partial charge in [0.05, 0.1) is 12.7 Å². The molecule has 2 nitrogen and oxygen atoms in total. The zero-order valence-corrected chi connectivity index (χ0v) is 9.23. The molecule has 0 aliphatic carbocycles. The van der Waals surface area contributed by atoms with E-state index in [9.17, 15) is 0 Å². The maximum atomic E-state index is 5.58. The Morgan fingerprint density at radius 3 is 2.77 bits per heavy atom. The molecule has 0 rings (SSSR count). The molecule has 0 spiro atoms. The van der Waals surface area contributed by atoms with Crippen LogP contribution >= 0.6 is 0 Å². The second kappa shape index (κ2) is 8.27. The van der Waals surface area contributed by atoms with Crippen LogP contribution in [-0.4, -0.2) is 25.8 Å². The highest BCUT2D eigenvalue weighted by Gasteiger charge is 2.00. The van der Waals surface area contributed by atoms with E-state index in [4.69, 9.17) is 4.74 Å². The van der Waals surface area contributed by atoms with Crippen molar-refractivity contribution in [2.75, 3.05) is 19.7 Å². The molecule has 0 aromatic rings. The van der Waals surface area contributed by atoms with Gasteiger partial charge in [0.15, 0.2) is 0 Å². The monoisotopic (exact) mass is 185 g/mol. The molecule has 0 radical (unpaired) electrons. The average Bonchev–Trinajstić information content (AvgIpc) is 2.04. The predicted octanol–water partition coefficient (Wildman–Crippen LogP) is 2.36.